The molecule has 1 aliphatic heterocycles. The second kappa shape index (κ2) is 9.31. The smallest absolute Gasteiger partial charge is 0.270 e. The number of carbonyl (C=O) groups excluding carboxylic acids is 1. The molecule has 9 nitrogen and oxygen atoms in total. The first-order valence-electron chi connectivity index (χ1n) is 9.38. The van der Waals surface area contributed by atoms with Gasteiger partial charge in [-0.15, -0.1) is 5.10 Å². The summed E-state index contributed by atoms with van der Waals surface area (Å²) in [7, 11) is 0. The lowest BCUT2D eigenvalue weighted by Crippen LogP contribution is -2.28. The summed E-state index contributed by atoms with van der Waals surface area (Å²) in [4.78, 5) is 25.4. The van der Waals surface area contributed by atoms with Gasteiger partial charge in [-0.1, -0.05) is 12.1 Å². The number of benzene rings is 2. The Morgan fingerprint density at radius 1 is 1.12 bits per heavy atom. The molecule has 1 saturated heterocycles. The van der Waals surface area contributed by atoms with Crippen molar-refractivity contribution in [3.8, 4) is 5.75 Å². The van der Waals surface area contributed by atoms with E-state index in [0.717, 1.165) is 17.3 Å². The number of amides is 1. The highest BCUT2D eigenvalue weighted by Gasteiger charge is 2.34. The molecule has 160 valence electrons. The summed E-state index contributed by atoms with van der Waals surface area (Å²) in [6, 6.07) is 15.9. The second-order valence-electron chi connectivity index (χ2n) is 6.65. The van der Waals surface area contributed by atoms with E-state index in [2.05, 4.69) is 10.2 Å². The van der Waals surface area contributed by atoms with Crippen LogP contribution in [0, 0.1) is 10.1 Å². The SMILES string of the molecule is O=C1/C(=C/c2cccc([N+](=O)[O-])c2)S/C(=N/N=C\c2ccc(O)cc2)N1Cc1ccco1. The summed E-state index contributed by atoms with van der Waals surface area (Å²) in [5.41, 5.74) is 1.20. The van der Waals surface area contributed by atoms with Gasteiger partial charge in [0.2, 0.25) is 0 Å². The number of rotatable bonds is 6. The Labute approximate surface area is 186 Å². The van der Waals surface area contributed by atoms with Crippen LogP contribution in [0.15, 0.2) is 86.5 Å². The summed E-state index contributed by atoms with van der Waals surface area (Å²) in [5, 5.41) is 29.0. The van der Waals surface area contributed by atoms with Crippen LogP contribution in [0.4, 0.5) is 5.69 Å². The maximum atomic E-state index is 13.0. The molecule has 2 aromatic carbocycles. The van der Waals surface area contributed by atoms with Crippen LogP contribution >= 0.6 is 11.8 Å². The van der Waals surface area contributed by atoms with Crippen LogP contribution in [0.25, 0.3) is 6.08 Å². The van der Waals surface area contributed by atoms with Gasteiger partial charge in [0.15, 0.2) is 5.17 Å². The topological polar surface area (TPSA) is 122 Å². The molecule has 1 amide bonds. The number of aromatic hydroxyl groups is 1. The number of hydrogen-bond acceptors (Lipinski definition) is 8. The molecule has 0 atom stereocenters. The Hall–Kier alpha value is -4.18. The monoisotopic (exact) mass is 448 g/mol. The first kappa shape index (κ1) is 21.1. The zero-order valence-corrected chi connectivity index (χ0v) is 17.3. The minimum atomic E-state index is -0.486. The van der Waals surface area contributed by atoms with Crippen molar-refractivity contribution < 1.29 is 19.2 Å². The number of phenolic OH excluding ortho intramolecular Hbond substituents is 1. The number of nitrogens with zero attached hydrogens (tertiary/aromatic N) is 4. The molecule has 0 bridgehead atoms. The molecule has 0 unspecified atom stereocenters. The summed E-state index contributed by atoms with van der Waals surface area (Å²) in [6.07, 6.45) is 4.61. The van der Waals surface area contributed by atoms with Crippen molar-refractivity contribution in [1.82, 2.24) is 4.90 Å². The van der Waals surface area contributed by atoms with E-state index in [0.29, 0.717) is 21.4 Å². The Morgan fingerprint density at radius 2 is 1.94 bits per heavy atom. The molecule has 1 fully saturated rings. The van der Waals surface area contributed by atoms with Gasteiger partial charge >= 0.3 is 0 Å². The van der Waals surface area contributed by atoms with E-state index in [1.807, 2.05) is 0 Å². The van der Waals surface area contributed by atoms with Crippen LogP contribution in [0.5, 0.6) is 5.75 Å². The molecule has 0 saturated carbocycles. The fourth-order valence-corrected chi connectivity index (χ4v) is 3.80. The molecule has 0 radical (unpaired) electrons. The number of non-ortho nitro benzene ring substituents is 1. The van der Waals surface area contributed by atoms with E-state index in [1.165, 1.54) is 41.6 Å². The Morgan fingerprint density at radius 3 is 2.66 bits per heavy atom. The molecule has 4 rings (SSSR count). The van der Waals surface area contributed by atoms with Crippen LogP contribution in [-0.2, 0) is 11.3 Å². The maximum Gasteiger partial charge on any atom is 0.270 e. The fraction of sp³-hybridized carbons (Fsp3) is 0.0455. The number of carbonyl (C=O) groups is 1. The number of nitro benzene ring substituents is 1. The molecule has 2 heterocycles. The zero-order valence-electron chi connectivity index (χ0n) is 16.5. The minimum absolute atomic E-state index is 0.0605. The lowest BCUT2D eigenvalue weighted by molar-refractivity contribution is -0.384. The normalized spacial score (nSPS) is 16.5. The van der Waals surface area contributed by atoms with Gasteiger partial charge in [-0.3, -0.25) is 19.8 Å². The largest absolute Gasteiger partial charge is 0.508 e. The highest BCUT2D eigenvalue weighted by molar-refractivity contribution is 8.18. The van der Waals surface area contributed by atoms with E-state index in [9.17, 15) is 20.0 Å². The van der Waals surface area contributed by atoms with E-state index in [4.69, 9.17) is 4.42 Å². The molecule has 1 N–H and O–H groups in total. The van der Waals surface area contributed by atoms with Gasteiger partial charge < -0.3 is 9.52 Å². The Kier molecular flexibility index (Phi) is 6.13. The highest BCUT2D eigenvalue weighted by atomic mass is 32.2. The molecule has 32 heavy (non-hydrogen) atoms. The van der Waals surface area contributed by atoms with Crippen molar-refractivity contribution in [2.45, 2.75) is 6.54 Å². The summed E-state index contributed by atoms with van der Waals surface area (Å²) >= 11 is 1.12. The first-order valence-corrected chi connectivity index (χ1v) is 10.2. The van der Waals surface area contributed by atoms with Gasteiger partial charge in [-0.25, -0.2) is 0 Å². The van der Waals surface area contributed by atoms with Gasteiger partial charge in [0.05, 0.1) is 28.9 Å². The van der Waals surface area contributed by atoms with Crippen LogP contribution in [0.1, 0.15) is 16.9 Å². The van der Waals surface area contributed by atoms with Gasteiger partial charge in [-0.2, -0.15) is 5.10 Å². The summed E-state index contributed by atoms with van der Waals surface area (Å²) < 4.78 is 5.36. The van der Waals surface area contributed by atoms with Crippen LogP contribution in [-0.4, -0.2) is 32.2 Å². The van der Waals surface area contributed by atoms with Crippen molar-refractivity contribution in [3.63, 3.8) is 0 Å². The molecular weight excluding hydrogens is 432 g/mol. The van der Waals surface area contributed by atoms with Gasteiger partial charge in [0, 0.05) is 12.1 Å². The molecule has 0 spiro atoms. The van der Waals surface area contributed by atoms with Crippen LogP contribution < -0.4 is 0 Å². The zero-order chi connectivity index (χ0) is 22.5. The number of amidine groups is 1. The number of hydrogen-bond donors (Lipinski definition) is 1. The lowest BCUT2D eigenvalue weighted by Gasteiger charge is -2.12. The maximum absolute atomic E-state index is 13.0. The van der Waals surface area contributed by atoms with Gasteiger partial charge in [-0.05, 0) is 65.4 Å². The molecule has 3 aromatic rings. The number of nitro groups is 1. The van der Waals surface area contributed by atoms with E-state index >= 15 is 0 Å². The van der Waals surface area contributed by atoms with Crippen molar-refractivity contribution in [1.29, 1.82) is 0 Å². The molecule has 10 heteroatoms. The molecular formula is C22H16N4O5S. The van der Waals surface area contributed by atoms with Crippen molar-refractivity contribution >= 4 is 40.8 Å². The average molecular weight is 448 g/mol. The lowest BCUT2D eigenvalue weighted by atomic mass is 10.2. The van der Waals surface area contributed by atoms with E-state index < -0.39 is 4.92 Å². The highest BCUT2D eigenvalue weighted by Crippen LogP contribution is 2.34. The fourth-order valence-electron chi connectivity index (χ4n) is 2.87. The quantitative estimate of drug-likeness (QED) is 0.258. The molecule has 1 aromatic heterocycles. The first-order chi connectivity index (χ1) is 15.5. The third-order valence-electron chi connectivity index (χ3n) is 4.40. The summed E-state index contributed by atoms with van der Waals surface area (Å²) in [6.45, 7) is 0.165. The van der Waals surface area contributed by atoms with Crippen molar-refractivity contribution in [2.75, 3.05) is 0 Å². The van der Waals surface area contributed by atoms with E-state index in [-0.39, 0.29) is 23.9 Å². The minimum Gasteiger partial charge on any atom is -0.508 e. The predicted molar refractivity (Wildman–Crippen MR) is 121 cm³/mol. The third kappa shape index (κ3) is 4.93. The number of thioether (sulfide) groups is 1. The van der Waals surface area contributed by atoms with E-state index in [1.54, 1.807) is 42.5 Å². The number of phenols is 1. The van der Waals surface area contributed by atoms with Gasteiger partial charge in [0.25, 0.3) is 11.6 Å². The van der Waals surface area contributed by atoms with Crippen LogP contribution in [0.3, 0.4) is 0 Å². The average Bonchev–Trinajstić information content (AvgIpc) is 3.40. The molecule has 1 aliphatic rings. The van der Waals surface area contributed by atoms with Crippen molar-refractivity contribution in [3.05, 3.63) is 98.8 Å². The van der Waals surface area contributed by atoms with Crippen molar-refractivity contribution in [2.24, 2.45) is 10.2 Å². The Bertz CT molecular complexity index is 1230. The van der Waals surface area contributed by atoms with Crippen LogP contribution in [0.2, 0.25) is 0 Å². The number of furan rings is 1. The Balaban J connectivity index is 1.62. The molecule has 0 aliphatic carbocycles. The third-order valence-corrected chi connectivity index (χ3v) is 5.40. The predicted octanol–water partition coefficient (Wildman–Crippen LogP) is 4.40. The van der Waals surface area contributed by atoms with Gasteiger partial charge in [0.1, 0.15) is 11.5 Å². The second-order valence-corrected chi connectivity index (χ2v) is 7.66. The standard InChI is InChI=1S/C22H16N4O5S/c27-18-8-6-15(7-9-18)13-23-24-22-25(14-19-5-2-10-31-19)21(28)20(32-22)12-16-3-1-4-17(11-16)26(29)30/h1-13,27H,14H2/b20-12-,23-13-,24-22+. The summed E-state index contributed by atoms with van der Waals surface area (Å²) in [5.74, 6) is 0.410.